The molecule has 2 aromatic rings. The number of alkyl halides is 3. The van der Waals surface area contributed by atoms with Gasteiger partial charge < -0.3 is 10.0 Å². The number of piperazine rings is 1. The highest BCUT2D eigenvalue weighted by Crippen LogP contribution is 2.30. The Morgan fingerprint density at radius 3 is 2.09 bits per heavy atom. The van der Waals surface area contributed by atoms with Crippen molar-refractivity contribution in [3.8, 4) is 0 Å². The lowest BCUT2D eigenvalue weighted by atomic mass is 10.1. The average Bonchev–Trinajstić information content (AvgIpc) is 2.73. The van der Waals surface area contributed by atoms with E-state index in [0.717, 1.165) is 12.1 Å². The van der Waals surface area contributed by atoms with Gasteiger partial charge >= 0.3 is 12.1 Å². The first-order chi connectivity index (χ1) is 16.2. The van der Waals surface area contributed by atoms with Crippen LogP contribution in [0, 0.1) is 6.92 Å². The molecule has 1 unspecified atom stereocenters. The van der Waals surface area contributed by atoms with Gasteiger partial charge in [-0.15, -0.1) is 0 Å². The van der Waals surface area contributed by atoms with E-state index in [1.54, 1.807) is 26.8 Å². The average molecular weight is 513 g/mol. The number of carbonyl (C=O) groups is 2. The first-order valence-corrected chi connectivity index (χ1v) is 12.4. The van der Waals surface area contributed by atoms with Gasteiger partial charge in [-0.2, -0.15) is 17.5 Å². The summed E-state index contributed by atoms with van der Waals surface area (Å²) in [7, 11) is -3.97. The quantitative estimate of drug-likeness (QED) is 0.640. The molecule has 1 aliphatic rings. The van der Waals surface area contributed by atoms with E-state index in [4.69, 9.17) is 5.11 Å². The smallest absolute Gasteiger partial charge is 0.416 e. The lowest BCUT2D eigenvalue weighted by molar-refractivity contribution is -0.138. The molecule has 0 spiro atoms. The second-order valence-electron chi connectivity index (χ2n) is 8.86. The van der Waals surface area contributed by atoms with Gasteiger partial charge in [0.1, 0.15) is 0 Å². The summed E-state index contributed by atoms with van der Waals surface area (Å²) >= 11 is 0. The van der Waals surface area contributed by atoms with Crippen molar-refractivity contribution in [1.82, 2.24) is 9.21 Å². The molecule has 1 fully saturated rings. The van der Waals surface area contributed by atoms with Crippen LogP contribution in [0.15, 0.2) is 47.4 Å². The van der Waals surface area contributed by atoms with Crippen molar-refractivity contribution >= 4 is 21.9 Å². The van der Waals surface area contributed by atoms with E-state index in [-0.39, 0.29) is 36.7 Å². The van der Waals surface area contributed by atoms with Crippen LogP contribution in [0.2, 0.25) is 0 Å². The second kappa shape index (κ2) is 9.98. The van der Waals surface area contributed by atoms with Crippen molar-refractivity contribution in [2.45, 2.75) is 56.8 Å². The van der Waals surface area contributed by atoms with Gasteiger partial charge in [-0.05, 0) is 61.7 Å². The molecule has 7 nitrogen and oxygen atoms in total. The maximum absolute atomic E-state index is 13.4. The zero-order valence-corrected chi connectivity index (χ0v) is 20.4. The number of halogens is 3. The Balaban J connectivity index is 1.74. The highest BCUT2D eigenvalue weighted by molar-refractivity contribution is 7.89. The van der Waals surface area contributed by atoms with Gasteiger partial charge in [0.2, 0.25) is 15.9 Å². The van der Waals surface area contributed by atoms with Crippen LogP contribution >= 0.6 is 0 Å². The molecule has 1 aliphatic heterocycles. The van der Waals surface area contributed by atoms with E-state index in [0.29, 0.717) is 16.7 Å². The number of amides is 1. The number of sulfonamides is 1. The van der Waals surface area contributed by atoms with Crippen LogP contribution < -0.4 is 0 Å². The largest absolute Gasteiger partial charge is 0.481 e. The number of benzene rings is 2. The molecule has 0 aromatic heterocycles. The molecule has 1 N–H and O–H groups in total. The van der Waals surface area contributed by atoms with E-state index < -0.39 is 39.8 Å². The van der Waals surface area contributed by atoms with Crippen LogP contribution in [0.25, 0.3) is 0 Å². The highest BCUT2D eigenvalue weighted by atomic mass is 32.2. The zero-order valence-electron chi connectivity index (χ0n) is 19.5. The van der Waals surface area contributed by atoms with Gasteiger partial charge in [0.25, 0.3) is 0 Å². The Morgan fingerprint density at radius 2 is 1.57 bits per heavy atom. The first kappa shape index (κ1) is 26.7. The second-order valence-corrected chi connectivity index (χ2v) is 10.7. The number of hydrogen-bond acceptors (Lipinski definition) is 4. The van der Waals surface area contributed by atoms with Gasteiger partial charge in [-0.1, -0.05) is 18.2 Å². The molecule has 2 aromatic carbocycles. The molecule has 0 bridgehead atoms. The maximum Gasteiger partial charge on any atom is 0.416 e. The molecule has 3 rings (SSSR count). The molecule has 0 radical (unpaired) electrons. The van der Waals surface area contributed by atoms with Crippen LogP contribution in [-0.2, 0) is 38.6 Å². The van der Waals surface area contributed by atoms with Crippen molar-refractivity contribution in [2.75, 3.05) is 13.1 Å². The minimum atomic E-state index is -4.46. The molecule has 2 atom stereocenters. The maximum atomic E-state index is 13.4. The molecule has 11 heteroatoms. The van der Waals surface area contributed by atoms with Crippen molar-refractivity contribution in [1.29, 1.82) is 0 Å². The molecule has 1 amide bonds. The minimum absolute atomic E-state index is 0.0115. The van der Waals surface area contributed by atoms with Crippen LogP contribution in [0.3, 0.4) is 0 Å². The SMILES string of the molecule is Cc1ccc(S(=O)(=O)N2C(C)CN(C(=O)Cc3ccc(C(F)(F)F)cc3)C[C@@H]2C)cc1CC(=O)O. The van der Waals surface area contributed by atoms with E-state index >= 15 is 0 Å². The van der Waals surface area contributed by atoms with E-state index in [1.165, 1.54) is 33.5 Å². The minimum Gasteiger partial charge on any atom is -0.481 e. The lowest BCUT2D eigenvalue weighted by Crippen LogP contribution is -2.59. The van der Waals surface area contributed by atoms with Gasteiger partial charge in [0.15, 0.2) is 0 Å². The normalized spacial score (nSPS) is 19.5. The number of carboxylic acids is 1. The Kier molecular flexibility index (Phi) is 7.61. The monoisotopic (exact) mass is 512 g/mol. The van der Waals surface area contributed by atoms with E-state index in [1.807, 2.05) is 0 Å². The molecule has 0 aliphatic carbocycles. The Labute approximate surface area is 202 Å². The van der Waals surface area contributed by atoms with Crippen molar-refractivity contribution < 1.29 is 36.3 Å². The third-order valence-corrected chi connectivity index (χ3v) is 8.19. The van der Waals surface area contributed by atoms with Crippen LogP contribution in [-0.4, -0.2) is 59.8 Å². The molecule has 1 saturated heterocycles. The number of nitrogens with zero attached hydrogens (tertiary/aromatic N) is 2. The van der Waals surface area contributed by atoms with Crippen LogP contribution in [0.5, 0.6) is 0 Å². The fourth-order valence-corrected chi connectivity index (χ4v) is 6.22. The molecule has 35 heavy (non-hydrogen) atoms. The fraction of sp³-hybridized carbons (Fsp3) is 0.417. The zero-order chi connectivity index (χ0) is 26.1. The predicted molar refractivity (Wildman–Crippen MR) is 122 cm³/mol. The van der Waals surface area contributed by atoms with Gasteiger partial charge in [0.05, 0.1) is 23.3 Å². The summed E-state index contributed by atoms with van der Waals surface area (Å²) in [5.74, 6) is -1.37. The van der Waals surface area contributed by atoms with E-state index in [9.17, 15) is 31.2 Å². The summed E-state index contributed by atoms with van der Waals surface area (Å²) in [4.78, 5) is 25.5. The van der Waals surface area contributed by atoms with Crippen molar-refractivity contribution in [3.05, 3.63) is 64.7 Å². The summed E-state index contributed by atoms with van der Waals surface area (Å²) in [6.45, 7) is 5.31. The molecular formula is C24H27F3N2O5S. The van der Waals surface area contributed by atoms with Crippen LogP contribution in [0.4, 0.5) is 13.2 Å². The predicted octanol–water partition coefficient (Wildman–Crippen LogP) is 3.49. The molecule has 190 valence electrons. The number of carboxylic acid groups (broad SMARTS) is 1. The van der Waals surface area contributed by atoms with Crippen molar-refractivity contribution in [2.24, 2.45) is 0 Å². The van der Waals surface area contributed by atoms with Crippen molar-refractivity contribution in [3.63, 3.8) is 0 Å². The number of aliphatic carboxylic acids is 1. The number of carbonyl (C=O) groups excluding carboxylic acids is 1. The fourth-order valence-electron chi connectivity index (χ4n) is 4.37. The first-order valence-electron chi connectivity index (χ1n) is 11.0. The molecular weight excluding hydrogens is 485 g/mol. The lowest BCUT2D eigenvalue weighted by Gasteiger charge is -2.43. The Hall–Kier alpha value is -2.92. The number of hydrogen-bond donors (Lipinski definition) is 1. The third kappa shape index (κ3) is 6.02. The van der Waals surface area contributed by atoms with Gasteiger partial charge in [-0.25, -0.2) is 8.42 Å². The summed E-state index contributed by atoms with van der Waals surface area (Å²) in [6, 6.07) is 7.65. The van der Waals surface area contributed by atoms with Gasteiger partial charge in [-0.3, -0.25) is 9.59 Å². The third-order valence-electron chi connectivity index (χ3n) is 6.07. The van der Waals surface area contributed by atoms with Crippen LogP contribution in [0.1, 0.15) is 36.1 Å². The Morgan fingerprint density at radius 1 is 1.00 bits per heavy atom. The standard InChI is InChI=1S/C24H27F3N2O5S/c1-15-4-9-21(11-19(15)12-23(31)32)35(33,34)29-16(2)13-28(14-17(29)3)22(30)10-18-5-7-20(8-6-18)24(25,26)27/h4-9,11,16-17H,10,12-14H2,1-3H3,(H,31,32)/t16-,17?/m0/s1. The summed E-state index contributed by atoms with van der Waals surface area (Å²) in [5, 5.41) is 9.11. The summed E-state index contributed by atoms with van der Waals surface area (Å²) in [6.07, 6.45) is -4.85. The number of aryl methyl sites for hydroxylation is 1. The molecule has 1 heterocycles. The summed E-state index contributed by atoms with van der Waals surface area (Å²) in [5.41, 5.74) is 0.719. The number of rotatable bonds is 6. The molecule has 0 saturated carbocycles. The Bertz CT molecular complexity index is 1200. The summed E-state index contributed by atoms with van der Waals surface area (Å²) < 4.78 is 66.4. The highest BCUT2D eigenvalue weighted by Gasteiger charge is 2.40. The topological polar surface area (TPSA) is 95.0 Å². The van der Waals surface area contributed by atoms with E-state index in [2.05, 4.69) is 0 Å². The van der Waals surface area contributed by atoms with Gasteiger partial charge in [0, 0.05) is 25.2 Å².